The molecule has 0 aliphatic carbocycles. The Kier molecular flexibility index (Phi) is 4.96. The summed E-state index contributed by atoms with van der Waals surface area (Å²) >= 11 is 1.22. The van der Waals surface area contributed by atoms with E-state index in [1.54, 1.807) is 18.9 Å². The van der Waals surface area contributed by atoms with Crippen molar-refractivity contribution in [1.82, 2.24) is 14.5 Å². The molecule has 7 heteroatoms. The third kappa shape index (κ3) is 3.33. The summed E-state index contributed by atoms with van der Waals surface area (Å²) in [6, 6.07) is 9.61. The first-order chi connectivity index (χ1) is 12.0. The monoisotopic (exact) mass is 357 g/mol. The summed E-state index contributed by atoms with van der Waals surface area (Å²) in [7, 11) is 1.64. The maximum Gasteiger partial charge on any atom is 0.264 e. The summed E-state index contributed by atoms with van der Waals surface area (Å²) < 4.78 is 1.41. The number of aliphatic hydroxyl groups is 1. The van der Waals surface area contributed by atoms with E-state index < -0.39 is 0 Å². The van der Waals surface area contributed by atoms with Gasteiger partial charge in [0.2, 0.25) is 0 Å². The highest BCUT2D eigenvalue weighted by atomic mass is 32.1. The average Bonchev–Trinajstić information content (AvgIpc) is 2.95. The predicted molar refractivity (Wildman–Crippen MR) is 97.9 cm³/mol. The Morgan fingerprint density at radius 3 is 2.72 bits per heavy atom. The number of fused-ring (bicyclic) bond motifs is 1. The molecule has 130 valence electrons. The molecule has 1 N–H and O–H groups in total. The zero-order valence-electron chi connectivity index (χ0n) is 14.1. The number of aryl methyl sites for hydroxylation is 2. The lowest BCUT2D eigenvalue weighted by molar-refractivity contribution is 0.0712. The van der Waals surface area contributed by atoms with Crippen LogP contribution in [0.25, 0.3) is 10.2 Å². The summed E-state index contributed by atoms with van der Waals surface area (Å²) in [5, 5.41) is 9.83. The highest BCUT2D eigenvalue weighted by Crippen LogP contribution is 2.28. The zero-order valence-corrected chi connectivity index (χ0v) is 14.9. The first kappa shape index (κ1) is 17.3. The SMILES string of the molecule is Cc1c(C(=O)N(CCO)Cc2ccccc2)sc2ncn(C)c(=O)c12. The van der Waals surface area contributed by atoms with Crippen molar-refractivity contribution in [3.8, 4) is 0 Å². The number of hydrogen-bond acceptors (Lipinski definition) is 5. The predicted octanol–water partition coefficient (Wildman–Crippen LogP) is 1.94. The number of aromatic nitrogens is 2. The summed E-state index contributed by atoms with van der Waals surface area (Å²) in [5.74, 6) is -0.194. The van der Waals surface area contributed by atoms with Gasteiger partial charge in [-0.15, -0.1) is 11.3 Å². The van der Waals surface area contributed by atoms with Crippen LogP contribution in [0.1, 0.15) is 20.8 Å². The second-order valence-electron chi connectivity index (χ2n) is 5.83. The number of amides is 1. The van der Waals surface area contributed by atoms with E-state index in [4.69, 9.17) is 0 Å². The molecule has 0 radical (unpaired) electrons. The van der Waals surface area contributed by atoms with Crippen molar-refractivity contribution in [3.05, 3.63) is 63.0 Å². The van der Waals surface area contributed by atoms with Crippen LogP contribution in [-0.4, -0.2) is 38.6 Å². The number of carbonyl (C=O) groups excluding carboxylic acids is 1. The van der Waals surface area contributed by atoms with Crippen LogP contribution in [-0.2, 0) is 13.6 Å². The van der Waals surface area contributed by atoms with Gasteiger partial charge in [-0.1, -0.05) is 30.3 Å². The number of carbonyl (C=O) groups is 1. The molecule has 0 unspecified atom stereocenters. The van der Waals surface area contributed by atoms with Gasteiger partial charge in [0.05, 0.1) is 23.2 Å². The molecule has 0 atom stereocenters. The van der Waals surface area contributed by atoms with Crippen LogP contribution in [0.2, 0.25) is 0 Å². The Morgan fingerprint density at radius 2 is 2.04 bits per heavy atom. The molecule has 0 spiro atoms. The fourth-order valence-electron chi connectivity index (χ4n) is 2.73. The van der Waals surface area contributed by atoms with Crippen molar-refractivity contribution >= 4 is 27.5 Å². The van der Waals surface area contributed by atoms with Gasteiger partial charge in [-0.3, -0.25) is 9.59 Å². The standard InChI is InChI=1S/C18H19N3O3S/c1-12-14-16(19-11-20(2)17(14)23)25-15(12)18(24)21(8-9-22)10-13-6-4-3-5-7-13/h3-7,11,22H,8-10H2,1-2H3. The van der Waals surface area contributed by atoms with E-state index in [0.717, 1.165) is 5.56 Å². The quantitative estimate of drug-likeness (QED) is 0.757. The topological polar surface area (TPSA) is 75.4 Å². The maximum absolute atomic E-state index is 13.0. The van der Waals surface area contributed by atoms with Gasteiger partial charge in [0.25, 0.3) is 11.5 Å². The van der Waals surface area contributed by atoms with E-state index in [0.29, 0.717) is 27.2 Å². The van der Waals surface area contributed by atoms with Gasteiger partial charge in [0.1, 0.15) is 4.83 Å². The van der Waals surface area contributed by atoms with Crippen molar-refractivity contribution in [2.45, 2.75) is 13.5 Å². The molecular weight excluding hydrogens is 338 g/mol. The molecule has 0 saturated heterocycles. The van der Waals surface area contributed by atoms with Crippen molar-refractivity contribution in [3.63, 3.8) is 0 Å². The molecule has 1 aromatic carbocycles. The van der Waals surface area contributed by atoms with Crippen LogP contribution in [0.4, 0.5) is 0 Å². The first-order valence-electron chi connectivity index (χ1n) is 7.91. The van der Waals surface area contributed by atoms with Crippen LogP contribution in [0.5, 0.6) is 0 Å². The van der Waals surface area contributed by atoms with E-state index in [9.17, 15) is 14.7 Å². The van der Waals surface area contributed by atoms with E-state index in [2.05, 4.69) is 4.98 Å². The summed E-state index contributed by atoms with van der Waals surface area (Å²) in [5.41, 5.74) is 1.47. The molecule has 0 saturated carbocycles. The van der Waals surface area contributed by atoms with Crippen molar-refractivity contribution in [1.29, 1.82) is 0 Å². The van der Waals surface area contributed by atoms with Gasteiger partial charge < -0.3 is 14.6 Å². The second kappa shape index (κ2) is 7.16. The van der Waals surface area contributed by atoms with Gasteiger partial charge in [-0.25, -0.2) is 4.98 Å². The minimum atomic E-state index is -0.194. The first-order valence-corrected chi connectivity index (χ1v) is 8.73. The summed E-state index contributed by atoms with van der Waals surface area (Å²) in [6.45, 7) is 2.28. The Bertz CT molecular complexity index is 963. The molecule has 3 aromatic rings. The molecular formula is C18H19N3O3S. The fourth-order valence-corrected chi connectivity index (χ4v) is 3.84. The van der Waals surface area contributed by atoms with Crippen molar-refractivity contribution in [2.75, 3.05) is 13.2 Å². The van der Waals surface area contributed by atoms with E-state index in [-0.39, 0.29) is 24.6 Å². The lowest BCUT2D eigenvalue weighted by Gasteiger charge is -2.21. The number of rotatable bonds is 5. The van der Waals surface area contributed by atoms with E-state index >= 15 is 0 Å². The highest BCUT2D eigenvalue weighted by molar-refractivity contribution is 7.20. The maximum atomic E-state index is 13.0. The highest BCUT2D eigenvalue weighted by Gasteiger charge is 2.23. The number of thiophene rings is 1. The Hall–Kier alpha value is -2.51. The normalized spacial score (nSPS) is 11.0. The molecule has 3 rings (SSSR count). The largest absolute Gasteiger partial charge is 0.395 e. The van der Waals surface area contributed by atoms with Crippen molar-refractivity contribution in [2.24, 2.45) is 7.05 Å². The number of benzene rings is 1. The third-order valence-electron chi connectivity index (χ3n) is 4.08. The molecule has 1 amide bonds. The molecule has 0 fully saturated rings. The van der Waals surface area contributed by atoms with E-state index in [1.807, 2.05) is 30.3 Å². The fraction of sp³-hybridized carbons (Fsp3) is 0.278. The third-order valence-corrected chi connectivity index (χ3v) is 5.27. The van der Waals surface area contributed by atoms with Gasteiger partial charge in [-0.05, 0) is 18.1 Å². The Labute approximate surface area is 149 Å². The molecule has 2 heterocycles. The molecule has 25 heavy (non-hydrogen) atoms. The lowest BCUT2D eigenvalue weighted by atomic mass is 10.1. The number of hydrogen-bond donors (Lipinski definition) is 1. The van der Waals surface area contributed by atoms with Crippen LogP contribution >= 0.6 is 11.3 Å². The van der Waals surface area contributed by atoms with Gasteiger partial charge in [0, 0.05) is 20.1 Å². The molecule has 2 aromatic heterocycles. The molecule has 6 nitrogen and oxygen atoms in total. The molecule has 0 bridgehead atoms. The summed E-state index contributed by atoms with van der Waals surface area (Å²) in [6.07, 6.45) is 1.46. The zero-order chi connectivity index (χ0) is 18.0. The minimum Gasteiger partial charge on any atom is -0.395 e. The number of nitrogens with zero attached hydrogens (tertiary/aromatic N) is 3. The van der Waals surface area contributed by atoms with Crippen LogP contribution in [0.3, 0.4) is 0 Å². The van der Waals surface area contributed by atoms with Gasteiger partial charge in [-0.2, -0.15) is 0 Å². The van der Waals surface area contributed by atoms with Crippen LogP contribution < -0.4 is 5.56 Å². The van der Waals surface area contributed by atoms with Crippen LogP contribution in [0.15, 0.2) is 41.5 Å². The van der Waals surface area contributed by atoms with E-state index in [1.165, 1.54) is 22.2 Å². The molecule has 0 aliphatic rings. The lowest BCUT2D eigenvalue weighted by Crippen LogP contribution is -2.33. The smallest absolute Gasteiger partial charge is 0.264 e. The Balaban J connectivity index is 2.00. The van der Waals surface area contributed by atoms with Crippen molar-refractivity contribution < 1.29 is 9.90 Å². The number of aliphatic hydroxyl groups excluding tert-OH is 1. The Morgan fingerprint density at radius 1 is 1.32 bits per heavy atom. The summed E-state index contributed by atoms with van der Waals surface area (Å²) in [4.78, 5) is 32.3. The van der Waals surface area contributed by atoms with Crippen LogP contribution in [0, 0.1) is 6.92 Å². The second-order valence-corrected chi connectivity index (χ2v) is 6.83. The minimum absolute atomic E-state index is 0.122. The van der Waals surface area contributed by atoms with Gasteiger partial charge in [0.15, 0.2) is 0 Å². The average molecular weight is 357 g/mol. The van der Waals surface area contributed by atoms with Gasteiger partial charge >= 0.3 is 0 Å². The molecule has 0 aliphatic heterocycles.